The Bertz CT molecular complexity index is 597. The first-order valence-corrected chi connectivity index (χ1v) is 6.50. The van der Waals surface area contributed by atoms with Gasteiger partial charge in [-0.25, -0.2) is 0 Å². The number of carbonyl (C=O) groups excluding carboxylic acids is 1. The van der Waals surface area contributed by atoms with Gasteiger partial charge in [-0.05, 0) is 37.3 Å². The van der Waals surface area contributed by atoms with Crippen LogP contribution in [0.1, 0.15) is 30.1 Å². The normalized spacial score (nSPS) is 14.7. The van der Waals surface area contributed by atoms with Crippen molar-refractivity contribution in [1.29, 1.82) is 0 Å². The average molecular weight is 240 g/mol. The molecule has 0 aliphatic heterocycles. The van der Waals surface area contributed by atoms with E-state index in [1.54, 1.807) is 0 Å². The predicted molar refractivity (Wildman–Crippen MR) is 72.2 cm³/mol. The van der Waals surface area contributed by atoms with Crippen LogP contribution in [0.25, 0.3) is 10.8 Å². The Morgan fingerprint density at radius 3 is 2.56 bits per heavy atom. The Hall–Kier alpha value is -1.83. The molecule has 0 heterocycles. The second-order valence-corrected chi connectivity index (χ2v) is 4.73. The maximum atomic E-state index is 12.2. The van der Waals surface area contributed by atoms with E-state index in [0.717, 1.165) is 34.9 Å². The largest absolute Gasteiger partial charge is 0.493 e. The Balaban J connectivity index is 2.16. The van der Waals surface area contributed by atoms with Crippen LogP contribution in [0.15, 0.2) is 36.4 Å². The number of hydrogen-bond donors (Lipinski definition) is 0. The summed E-state index contributed by atoms with van der Waals surface area (Å²) in [4.78, 5) is 12.2. The fourth-order valence-electron chi connectivity index (χ4n) is 2.33. The molecule has 0 unspecified atom stereocenters. The van der Waals surface area contributed by atoms with Gasteiger partial charge in [0, 0.05) is 16.9 Å². The number of ether oxygens (including phenoxy) is 1. The topological polar surface area (TPSA) is 26.3 Å². The van der Waals surface area contributed by atoms with Gasteiger partial charge in [0.1, 0.15) is 5.75 Å². The van der Waals surface area contributed by atoms with Crippen molar-refractivity contribution < 1.29 is 9.53 Å². The number of ketones is 1. The van der Waals surface area contributed by atoms with E-state index in [-0.39, 0.29) is 11.7 Å². The molecule has 0 amide bonds. The Labute approximate surface area is 107 Å². The highest BCUT2D eigenvalue weighted by Gasteiger charge is 2.31. The number of Topliss-reactive ketones (excluding diaryl/α,β-unsaturated/α-hetero) is 1. The highest BCUT2D eigenvalue weighted by atomic mass is 16.5. The standard InChI is InChI=1S/C16H16O2/c1-2-18-15-10-9-14(16(17)11-7-8-11)12-5-3-4-6-13(12)15/h3-6,9-11H,2,7-8H2,1H3. The first-order valence-electron chi connectivity index (χ1n) is 6.50. The summed E-state index contributed by atoms with van der Waals surface area (Å²) < 4.78 is 5.62. The summed E-state index contributed by atoms with van der Waals surface area (Å²) in [5.41, 5.74) is 0.844. The summed E-state index contributed by atoms with van der Waals surface area (Å²) >= 11 is 0. The summed E-state index contributed by atoms with van der Waals surface area (Å²) in [5, 5.41) is 2.05. The molecule has 0 aromatic heterocycles. The maximum absolute atomic E-state index is 12.2. The van der Waals surface area contributed by atoms with E-state index in [1.807, 2.05) is 43.3 Å². The zero-order chi connectivity index (χ0) is 12.5. The second kappa shape index (κ2) is 4.45. The summed E-state index contributed by atoms with van der Waals surface area (Å²) in [5.74, 6) is 1.40. The molecule has 2 aromatic rings. The summed E-state index contributed by atoms with van der Waals surface area (Å²) in [6.45, 7) is 2.61. The fraction of sp³-hybridized carbons (Fsp3) is 0.312. The molecule has 0 N–H and O–H groups in total. The lowest BCUT2D eigenvalue weighted by Crippen LogP contribution is -2.03. The van der Waals surface area contributed by atoms with Gasteiger partial charge in [-0.15, -0.1) is 0 Å². The molecule has 2 nitrogen and oxygen atoms in total. The molecule has 18 heavy (non-hydrogen) atoms. The van der Waals surface area contributed by atoms with Crippen LogP contribution in [0.5, 0.6) is 5.75 Å². The highest BCUT2D eigenvalue weighted by molar-refractivity contribution is 6.11. The quantitative estimate of drug-likeness (QED) is 0.759. The lowest BCUT2D eigenvalue weighted by molar-refractivity contribution is 0.0969. The minimum absolute atomic E-state index is 0.256. The first kappa shape index (κ1) is 11.3. The van der Waals surface area contributed by atoms with Crippen molar-refractivity contribution in [3.63, 3.8) is 0 Å². The number of hydrogen-bond acceptors (Lipinski definition) is 2. The SMILES string of the molecule is CCOc1ccc(C(=O)C2CC2)c2ccccc12. The molecule has 0 atom stereocenters. The monoisotopic (exact) mass is 240 g/mol. The Kier molecular flexibility index (Phi) is 2.78. The molecular formula is C16H16O2. The van der Waals surface area contributed by atoms with E-state index in [4.69, 9.17) is 4.74 Å². The smallest absolute Gasteiger partial charge is 0.166 e. The molecule has 0 saturated heterocycles. The van der Waals surface area contributed by atoms with Crippen molar-refractivity contribution in [2.24, 2.45) is 5.92 Å². The predicted octanol–water partition coefficient (Wildman–Crippen LogP) is 3.83. The molecule has 3 rings (SSSR count). The van der Waals surface area contributed by atoms with Gasteiger partial charge in [0.2, 0.25) is 0 Å². The molecule has 0 radical (unpaired) electrons. The number of rotatable bonds is 4. The minimum atomic E-state index is 0.256. The molecule has 1 aliphatic rings. The highest BCUT2D eigenvalue weighted by Crippen LogP contribution is 2.36. The van der Waals surface area contributed by atoms with Crippen LogP contribution < -0.4 is 4.74 Å². The third-order valence-corrected chi connectivity index (χ3v) is 3.40. The van der Waals surface area contributed by atoms with E-state index >= 15 is 0 Å². The van der Waals surface area contributed by atoms with Gasteiger partial charge in [-0.1, -0.05) is 24.3 Å². The van der Waals surface area contributed by atoms with E-state index < -0.39 is 0 Å². The summed E-state index contributed by atoms with van der Waals surface area (Å²) in [7, 11) is 0. The number of carbonyl (C=O) groups is 1. The van der Waals surface area contributed by atoms with Gasteiger partial charge in [-0.3, -0.25) is 4.79 Å². The number of fused-ring (bicyclic) bond motifs is 1. The Morgan fingerprint density at radius 2 is 1.89 bits per heavy atom. The third kappa shape index (κ3) is 1.88. The van der Waals surface area contributed by atoms with Crippen LogP contribution in [0.2, 0.25) is 0 Å². The van der Waals surface area contributed by atoms with Crippen molar-refractivity contribution >= 4 is 16.6 Å². The van der Waals surface area contributed by atoms with E-state index in [9.17, 15) is 4.79 Å². The number of benzene rings is 2. The molecule has 0 bridgehead atoms. The minimum Gasteiger partial charge on any atom is -0.493 e. The maximum Gasteiger partial charge on any atom is 0.166 e. The molecule has 2 aromatic carbocycles. The van der Waals surface area contributed by atoms with Gasteiger partial charge in [0.15, 0.2) is 5.78 Å². The fourth-order valence-corrected chi connectivity index (χ4v) is 2.33. The summed E-state index contributed by atoms with van der Waals surface area (Å²) in [6, 6.07) is 11.8. The van der Waals surface area contributed by atoms with Crippen LogP contribution in [0.4, 0.5) is 0 Å². The van der Waals surface area contributed by atoms with Crippen LogP contribution in [0, 0.1) is 5.92 Å². The zero-order valence-electron chi connectivity index (χ0n) is 10.5. The molecule has 0 spiro atoms. The van der Waals surface area contributed by atoms with Crippen LogP contribution >= 0.6 is 0 Å². The molecular weight excluding hydrogens is 224 g/mol. The van der Waals surface area contributed by atoms with Gasteiger partial charge in [0.05, 0.1) is 6.61 Å². The van der Waals surface area contributed by atoms with Crippen molar-refractivity contribution in [1.82, 2.24) is 0 Å². The van der Waals surface area contributed by atoms with Crippen molar-refractivity contribution in [3.05, 3.63) is 42.0 Å². The lowest BCUT2D eigenvalue weighted by atomic mass is 9.98. The van der Waals surface area contributed by atoms with E-state index in [2.05, 4.69) is 0 Å². The van der Waals surface area contributed by atoms with Gasteiger partial charge in [-0.2, -0.15) is 0 Å². The van der Waals surface area contributed by atoms with E-state index in [0.29, 0.717) is 6.61 Å². The third-order valence-electron chi connectivity index (χ3n) is 3.40. The van der Waals surface area contributed by atoms with Crippen molar-refractivity contribution in [2.75, 3.05) is 6.61 Å². The molecule has 92 valence electrons. The van der Waals surface area contributed by atoms with E-state index in [1.165, 1.54) is 0 Å². The van der Waals surface area contributed by atoms with Crippen LogP contribution in [-0.4, -0.2) is 12.4 Å². The average Bonchev–Trinajstić information content (AvgIpc) is 3.23. The summed E-state index contributed by atoms with van der Waals surface area (Å²) in [6.07, 6.45) is 2.08. The molecule has 2 heteroatoms. The Morgan fingerprint density at radius 1 is 1.17 bits per heavy atom. The molecule has 1 aliphatic carbocycles. The molecule has 1 fully saturated rings. The zero-order valence-corrected chi connectivity index (χ0v) is 10.5. The van der Waals surface area contributed by atoms with Gasteiger partial charge >= 0.3 is 0 Å². The second-order valence-electron chi connectivity index (χ2n) is 4.73. The van der Waals surface area contributed by atoms with Gasteiger partial charge < -0.3 is 4.74 Å². The lowest BCUT2D eigenvalue weighted by Gasteiger charge is -2.10. The van der Waals surface area contributed by atoms with Crippen molar-refractivity contribution in [2.45, 2.75) is 19.8 Å². The van der Waals surface area contributed by atoms with Crippen LogP contribution in [-0.2, 0) is 0 Å². The van der Waals surface area contributed by atoms with Gasteiger partial charge in [0.25, 0.3) is 0 Å². The first-order chi connectivity index (χ1) is 8.81. The molecule has 1 saturated carbocycles. The van der Waals surface area contributed by atoms with Crippen molar-refractivity contribution in [3.8, 4) is 5.75 Å². The van der Waals surface area contributed by atoms with Crippen LogP contribution in [0.3, 0.4) is 0 Å².